The summed E-state index contributed by atoms with van der Waals surface area (Å²) in [5, 5.41) is 0. The summed E-state index contributed by atoms with van der Waals surface area (Å²) in [4.78, 5) is 2.49. The maximum absolute atomic E-state index is 13.0. The molecule has 0 atom stereocenters. The largest absolute Gasteiger partial charge is 0.497 e. The summed E-state index contributed by atoms with van der Waals surface area (Å²) in [5.74, 6) is 0.835. The zero-order valence-corrected chi connectivity index (χ0v) is 15.1. The van der Waals surface area contributed by atoms with E-state index in [0.717, 1.165) is 32.5 Å². The van der Waals surface area contributed by atoms with Gasteiger partial charge in [0.15, 0.2) is 0 Å². The summed E-state index contributed by atoms with van der Waals surface area (Å²) in [6, 6.07) is 4.85. The second-order valence-corrected chi connectivity index (χ2v) is 7.67. The van der Waals surface area contributed by atoms with Crippen LogP contribution in [-0.2, 0) is 10.0 Å². The molecule has 0 bridgehead atoms. The molecule has 7 heteroatoms. The van der Waals surface area contributed by atoms with Gasteiger partial charge >= 0.3 is 0 Å². The van der Waals surface area contributed by atoms with Gasteiger partial charge in [-0.05, 0) is 44.6 Å². The van der Waals surface area contributed by atoms with E-state index in [-0.39, 0.29) is 10.9 Å². The predicted octanol–water partition coefficient (Wildman–Crippen LogP) is 1.81. The molecule has 6 nitrogen and oxygen atoms in total. The third-order valence-corrected chi connectivity index (χ3v) is 6.48. The molecule has 1 aliphatic heterocycles. The zero-order valence-electron chi connectivity index (χ0n) is 14.3. The Hall–Kier alpha value is -1.31. The zero-order chi connectivity index (χ0) is 17.0. The van der Waals surface area contributed by atoms with Gasteiger partial charge in [-0.25, -0.2) is 8.42 Å². The maximum atomic E-state index is 13.0. The van der Waals surface area contributed by atoms with Gasteiger partial charge in [-0.1, -0.05) is 6.92 Å². The molecule has 0 spiro atoms. The van der Waals surface area contributed by atoms with Crippen LogP contribution in [0.1, 0.15) is 19.8 Å². The Morgan fingerprint density at radius 2 is 1.87 bits per heavy atom. The van der Waals surface area contributed by atoms with E-state index < -0.39 is 10.0 Å². The number of hydrogen-bond acceptors (Lipinski definition) is 5. The topological polar surface area (TPSA) is 59.1 Å². The number of benzene rings is 1. The Morgan fingerprint density at radius 3 is 2.39 bits per heavy atom. The molecule has 1 aliphatic rings. The molecule has 0 amide bonds. The van der Waals surface area contributed by atoms with Gasteiger partial charge < -0.3 is 14.4 Å². The summed E-state index contributed by atoms with van der Waals surface area (Å²) in [7, 11) is 1.01. The summed E-state index contributed by atoms with van der Waals surface area (Å²) < 4.78 is 37.9. The van der Waals surface area contributed by atoms with Crippen molar-refractivity contribution in [3.63, 3.8) is 0 Å². The van der Waals surface area contributed by atoms with Gasteiger partial charge in [-0.2, -0.15) is 4.31 Å². The van der Waals surface area contributed by atoms with Crippen LogP contribution in [0.3, 0.4) is 0 Å². The first-order valence-electron chi connectivity index (χ1n) is 7.86. The van der Waals surface area contributed by atoms with E-state index in [2.05, 4.69) is 11.8 Å². The van der Waals surface area contributed by atoms with Crippen molar-refractivity contribution in [2.24, 2.45) is 0 Å². The monoisotopic (exact) mass is 342 g/mol. The minimum Gasteiger partial charge on any atom is -0.497 e. The van der Waals surface area contributed by atoms with Crippen molar-refractivity contribution in [2.45, 2.75) is 30.7 Å². The van der Waals surface area contributed by atoms with Crippen molar-refractivity contribution in [1.82, 2.24) is 9.21 Å². The number of methoxy groups -OCH3 is 2. The van der Waals surface area contributed by atoms with Gasteiger partial charge in [0.05, 0.1) is 14.2 Å². The quantitative estimate of drug-likeness (QED) is 0.789. The van der Waals surface area contributed by atoms with Crippen LogP contribution in [0.2, 0.25) is 0 Å². The van der Waals surface area contributed by atoms with Crippen molar-refractivity contribution in [2.75, 3.05) is 40.9 Å². The lowest BCUT2D eigenvalue weighted by atomic mass is 10.1. The lowest BCUT2D eigenvalue weighted by molar-refractivity contribution is 0.176. The molecule has 130 valence electrons. The van der Waals surface area contributed by atoms with Crippen LogP contribution in [0.15, 0.2) is 23.1 Å². The standard InChI is InChI=1S/C16H26N2O4S/c1-5-18-10-8-13(9-11-18)17(2)23(19,20)16-12-14(21-3)6-7-15(16)22-4/h6-7,12-13H,5,8-11H2,1-4H3. The number of ether oxygens (including phenoxy) is 2. The molecule has 0 saturated carbocycles. The minimum absolute atomic E-state index is 0.0127. The third-order valence-electron chi connectivity index (χ3n) is 4.55. The van der Waals surface area contributed by atoms with E-state index in [1.165, 1.54) is 24.6 Å². The molecular formula is C16H26N2O4S. The smallest absolute Gasteiger partial charge is 0.246 e. The van der Waals surface area contributed by atoms with E-state index in [1.807, 2.05) is 0 Å². The number of hydrogen-bond donors (Lipinski definition) is 0. The second-order valence-electron chi connectivity index (χ2n) is 5.70. The minimum atomic E-state index is -3.63. The molecule has 1 heterocycles. The fourth-order valence-corrected chi connectivity index (χ4v) is 4.52. The van der Waals surface area contributed by atoms with Crippen molar-refractivity contribution < 1.29 is 17.9 Å². The molecule has 0 unspecified atom stereocenters. The molecule has 2 rings (SSSR count). The summed E-state index contributed by atoms with van der Waals surface area (Å²) >= 11 is 0. The lowest BCUT2D eigenvalue weighted by Gasteiger charge is -2.35. The highest BCUT2D eigenvalue weighted by Crippen LogP contribution is 2.32. The highest BCUT2D eigenvalue weighted by Gasteiger charge is 2.32. The van der Waals surface area contributed by atoms with Gasteiger partial charge in [0.25, 0.3) is 0 Å². The lowest BCUT2D eigenvalue weighted by Crippen LogP contribution is -2.45. The number of likely N-dealkylation sites (tertiary alicyclic amines) is 1. The molecule has 0 N–H and O–H groups in total. The fraction of sp³-hybridized carbons (Fsp3) is 0.625. The van der Waals surface area contributed by atoms with E-state index >= 15 is 0 Å². The molecule has 0 radical (unpaired) electrons. The average molecular weight is 342 g/mol. The molecule has 1 fully saturated rings. The van der Waals surface area contributed by atoms with E-state index in [1.54, 1.807) is 19.2 Å². The SMILES string of the molecule is CCN1CCC(N(C)S(=O)(=O)c2cc(OC)ccc2OC)CC1. The molecule has 0 aromatic heterocycles. The van der Waals surface area contributed by atoms with Gasteiger partial charge in [0.1, 0.15) is 16.4 Å². The molecule has 1 saturated heterocycles. The average Bonchev–Trinajstić information content (AvgIpc) is 2.60. The van der Waals surface area contributed by atoms with Crippen LogP contribution in [0, 0.1) is 0 Å². The second kappa shape index (κ2) is 7.51. The van der Waals surface area contributed by atoms with Crippen LogP contribution < -0.4 is 9.47 Å². The highest BCUT2D eigenvalue weighted by molar-refractivity contribution is 7.89. The normalized spacial score (nSPS) is 17.4. The first-order chi connectivity index (χ1) is 10.9. The number of sulfonamides is 1. The van der Waals surface area contributed by atoms with Crippen LogP contribution in [-0.4, -0.2) is 64.6 Å². The summed E-state index contributed by atoms with van der Waals surface area (Å²) in [6.45, 7) is 4.99. The first-order valence-corrected chi connectivity index (χ1v) is 9.30. The Bertz CT molecular complexity index is 625. The Morgan fingerprint density at radius 1 is 1.22 bits per heavy atom. The van der Waals surface area contributed by atoms with Crippen molar-refractivity contribution in [1.29, 1.82) is 0 Å². The highest BCUT2D eigenvalue weighted by atomic mass is 32.2. The predicted molar refractivity (Wildman–Crippen MR) is 89.6 cm³/mol. The van der Waals surface area contributed by atoms with Gasteiger partial charge in [-0.15, -0.1) is 0 Å². The maximum Gasteiger partial charge on any atom is 0.246 e. The Labute approximate surface area is 139 Å². The molecular weight excluding hydrogens is 316 g/mol. The van der Waals surface area contributed by atoms with Gasteiger partial charge in [0.2, 0.25) is 10.0 Å². The van der Waals surface area contributed by atoms with E-state index in [9.17, 15) is 8.42 Å². The van der Waals surface area contributed by atoms with Crippen molar-refractivity contribution in [3.8, 4) is 11.5 Å². The first kappa shape index (κ1) is 18.0. The molecule has 0 aliphatic carbocycles. The molecule has 1 aromatic rings. The molecule has 23 heavy (non-hydrogen) atoms. The summed E-state index contributed by atoms with van der Waals surface area (Å²) in [6.07, 6.45) is 1.69. The van der Waals surface area contributed by atoms with Crippen molar-refractivity contribution >= 4 is 10.0 Å². The summed E-state index contributed by atoms with van der Waals surface area (Å²) in [5.41, 5.74) is 0. The number of rotatable bonds is 6. The molecule has 1 aromatic carbocycles. The van der Waals surface area contributed by atoms with Crippen LogP contribution >= 0.6 is 0 Å². The van der Waals surface area contributed by atoms with Crippen LogP contribution in [0.5, 0.6) is 11.5 Å². The number of piperidine rings is 1. The van der Waals surface area contributed by atoms with Crippen molar-refractivity contribution in [3.05, 3.63) is 18.2 Å². The Kier molecular flexibility index (Phi) is 5.89. The number of nitrogens with zero attached hydrogens (tertiary/aromatic N) is 2. The van der Waals surface area contributed by atoms with E-state index in [4.69, 9.17) is 9.47 Å². The van der Waals surface area contributed by atoms with E-state index in [0.29, 0.717) is 11.5 Å². The van der Waals surface area contributed by atoms with Crippen LogP contribution in [0.4, 0.5) is 0 Å². The van der Waals surface area contributed by atoms with Gasteiger partial charge in [-0.3, -0.25) is 0 Å². The van der Waals surface area contributed by atoms with Crippen LogP contribution in [0.25, 0.3) is 0 Å². The van der Waals surface area contributed by atoms with Gasteiger partial charge in [0, 0.05) is 19.2 Å². The fourth-order valence-electron chi connectivity index (χ4n) is 2.94. The third kappa shape index (κ3) is 3.79. The Balaban J connectivity index is 2.27.